The van der Waals surface area contributed by atoms with E-state index in [0.717, 1.165) is 48.5 Å². The van der Waals surface area contributed by atoms with Crippen LogP contribution in [0.4, 0.5) is 0 Å². The average Bonchev–Trinajstić information content (AvgIpc) is 3.22. The summed E-state index contributed by atoms with van der Waals surface area (Å²) in [4.78, 5) is 26.8. The summed E-state index contributed by atoms with van der Waals surface area (Å²) < 4.78 is 1.93. The fourth-order valence-corrected chi connectivity index (χ4v) is 3.45. The molecule has 1 aliphatic heterocycles. The lowest BCUT2D eigenvalue weighted by molar-refractivity contribution is -0.133. The van der Waals surface area contributed by atoms with Gasteiger partial charge in [-0.3, -0.25) is 4.79 Å². The van der Waals surface area contributed by atoms with Crippen LogP contribution in [0.5, 0.6) is 0 Å². The van der Waals surface area contributed by atoms with Crippen LogP contribution in [0, 0.1) is 6.92 Å². The Hall–Kier alpha value is -2.63. The molecule has 4 rings (SSSR count). The van der Waals surface area contributed by atoms with E-state index < -0.39 is 0 Å². The standard InChI is InChI=1S/C18H21N5O/c1-13-9-19-18(21-13)14-5-4-8-22(10-14)17(24)11-23-12-20-15-6-2-3-7-16(15)23/h2-3,6-7,9,12,14H,4-5,8,10-11H2,1H3,(H,19,21). The Bertz CT molecular complexity index is 865. The van der Waals surface area contributed by atoms with E-state index >= 15 is 0 Å². The second-order valence-corrected chi connectivity index (χ2v) is 6.49. The topological polar surface area (TPSA) is 66.8 Å². The molecule has 0 spiro atoms. The van der Waals surface area contributed by atoms with E-state index in [-0.39, 0.29) is 5.91 Å². The lowest BCUT2D eigenvalue weighted by atomic mass is 9.97. The quantitative estimate of drug-likeness (QED) is 0.805. The number of likely N-dealkylation sites (tertiary alicyclic amines) is 1. The Morgan fingerprint density at radius 1 is 1.33 bits per heavy atom. The van der Waals surface area contributed by atoms with Gasteiger partial charge in [0, 0.05) is 30.9 Å². The molecule has 24 heavy (non-hydrogen) atoms. The van der Waals surface area contributed by atoms with Gasteiger partial charge in [-0.15, -0.1) is 0 Å². The Morgan fingerprint density at radius 2 is 2.21 bits per heavy atom. The highest BCUT2D eigenvalue weighted by molar-refractivity contribution is 5.80. The van der Waals surface area contributed by atoms with Crippen molar-refractivity contribution in [2.24, 2.45) is 0 Å². The normalized spacial score (nSPS) is 18.2. The number of H-pyrrole nitrogens is 1. The number of benzene rings is 1. The highest BCUT2D eigenvalue weighted by atomic mass is 16.2. The zero-order valence-electron chi connectivity index (χ0n) is 13.8. The fraction of sp³-hybridized carbons (Fsp3) is 0.389. The summed E-state index contributed by atoms with van der Waals surface area (Å²) in [6.45, 7) is 3.90. The number of nitrogens with one attached hydrogen (secondary N) is 1. The summed E-state index contributed by atoms with van der Waals surface area (Å²) in [6.07, 6.45) is 5.69. The van der Waals surface area contributed by atoms with Crippen molar-refractivity contribution < 1.29 is 4.79 Å². The molecule has 0 saturated carbocycles. The number of aryl methyl sites for hydroxylation is 1. The van der Waals surface area contributed by atoms with E-state index in [1.807, 2.05) is 46.9 Å². The van der Waals surface area contributed by atoms with Crippen molar-refractivity contribution in [3.8, 4) is 0 Å². The molecule has 1 N–H and O–H groups in total. The Balaban J connectivity index is 1.48. The van der Waals surface area contributed by atoms with Gasteiger partial charge in [0.1, 0.15) is 12.4 Å². The molecule has 1 atom stereocenters. The molecule has 0 radical (unpaired) electrons. The van der Waals surface area contributed by atoms with Gasteiger partial charge in [-0.1, -0.05) is 12.1 Å². The molecule has 1 saturated heterocycles. The van der Waals surface area contributed by atoms with Gasteiger partial charge in [0.2, 0.25) is 5.91 Å². The summed E-state index contributed by atoms with van der Waals surface area (Å²) in [5.41, 5.74) is 2.99. The molecule has 2 aromatic heterocycles. The molecule has 1 aromatic carbocycles. The van der Waals surface area contributed by atoms with Crippen LogP contribution in [0.1, 0.15) is 30.3 Å². The Labute approximate surface area is 140 Å². The van der Waals surface area contributed by atoms with Crippen molar-refractivity contribution in [3.63, 3.8) is 0 Å². The Morgan fingerprint density at radius 3 is 3.04 bits per heavy atom. The van der Waals surface area contributed by atoms with Gasteiger partial charge in [0.05, 0.1) is 17.4 Å². The van der Waals surface area contributed by atoms with Gasteiger partial charge < -0.3 is 14.5 Å². The number of piperidine rings is 1. The molecular formula is C18H21N5O. The number of rotatable bonds is 3. The minimum absolute atomic E-state index is 0.145. The van der Waals surface area contributed by atoms with Gasteiger partial charge in [0.15, 0.2) is 0 Å². The molecule has 124 valence electrons. The van der Waals surface area contributed by atoms with E-state index in [4.69, 9.17) is 0 Å². The minimum atomic E-state index is 0.145. The molecule has 1 unspecified atom stereocenters. The predicted octanol–water partition coefficient (Wildman–Crippen LogP) is 2.47. The third kappa shape index (κ3) is 2.79. The van der Waals surface area contributed by atoms with Crippen molar-refractivity contribution in [3.05, 3.63) is 48.3 Å². The molecule has 0 bridgehead atoms. The molecule has 6 heteroatoms. The van der Waals surface area contributed by atoms with Gasteiger partial charge in [-0.2, -0.15) is 0 Å². The molecule has 3 heterocycles. The molecule has 1 aliphatic rings. The maximum absolute atomic E-state index is 12.7. The minimum Gasteiger partial charge on any atom is -0.346 e. The fourth-order valence-electron chi connectivity index (χ4n) is 3.45. The van der Waals surface area contributed by atoms with E-state index in [2.05, 4.69) is 15.0 Å². The lowest BCUT2D eigenvalue weighted by Gasteiger charge is -2.32. The number of nitrogens with zero attached hydrogens (tertiary/aromatic N) is 4. The summed E-state index contributed by atoms with van der Waals surface area (Å²) in [5.74, 6) is 1.44. The summed E-state index contributed by atoms with van der Waals surface area (Å²) >= 11 is 0. The van der Waals surface area contributed by atoms with Gasteiger partial charge in [-0.05, 0) is 31.9 Å². The first-order chi connectivity index (χ1) is 11.7. The van der Waals surface area contributed by atoms with Crippen molar-refractivity contribution in [1.82, 2.24) is 24.4 Å². The first-order valence-electron chi connectivity index (χ1n) is 8.40. The zero-order chi connectivity index (χ0) is 16.5. The van der Waals surface area contributed by atoms with E-state index in [0.29, 0.717) is 12.5 Å². The third-order valence-corrected chi connectivity index (χ3v) is 4.72. The molecule has 0 aliphatic carbocycles. The van der Waals surface area contributed by atoms with Crippen LogP contribution in [-0.4, -0.2) is 43.4 Å². The SMILES string of the molecule is Cc1cnc(C2CCCN(C(=O)Cn3cnc4ccccc43)C2)[nH]1. The molecule has 3 aromatic rings. The molecule has 1 fully saturated rings. The monoisotopic (exact) mass is 323 g/mol. The van der Waals surface area contributed by atoms with Crippen LogP contribution >= 0.6 is 0 Å². The zero-order valence-corrected chi connectivity index (χ0v) is 13.8. The number of hydrogen-bond acceptors (Lipinski definition) is 3. The van der Waals surface area contributed by atoms with Crippen LogP contribution in [0.15, 0.2) is 36.8 Å². The summed E-state index contributed by atoms with van der Waals surface area (Å²) in [6, 6.07) is 7.90. The smallest absolute Gasteiger partial charge is 0.242 e. The van der Waals surface area contributed by atoms with E-state index in [9.17, 15) is 4.79 Å². The lowest BCUT2D eigenvalue weighted by Crippen LogP contribution is -2.41. The largest absolute Gasteiger partial charge is 0.346 e. The predicted molar refractivity (Wildman–Crippen MR) is 91.6 cm³/mol. The number of carbonyl (C=O) groups is 1. The number of carbonyl (C=O) groups excluding carboxylic acids is 1. The number of fused-ring (bicyclic) bond motifs is 1. The molecule has 6 nitrogen and oxygen atoms in total. The summed E-state index contributed by atoms with van der Waals surface area (Å²) in [5, 5.41) is 0. The highest BCUT2D eigenvalue weighted by Crippen LogP contribution is 2.25. The first kappa shape index (κ1) is 14.9. The maximum atomic E-state index is 12.7. The van der Waals surface area contributed by atoms with Gasteiger partial charge in [-0.25, -0.2) is 9.97 Å². The molecule has 1 amide bonds. The third-order valence-electron chi connectivity index (χ3n) is 4.72. The van der Waals surface area contributed by atoms with Gasteiger partial charge in [0.25, 0.3) is 0 Å². The summed E-state index contributed by atoms with van der Waals surface area (Å²) in [7, 11) is 0. The molecular weight excluding hydrogens is 302 g/mol. The van der Waals surface area contributed by atoms with Crippen molar-refractivity contribution in [2.75, 3.05) is 13.1 Å². The number of amides is 1. The Kier molecular flexibility index (Phi) is 3.80. The van der Waals surface area contributed by atoms with Gasteiger partial charge >= 0.3 is 0 Å². The van der Waals surface area contributed by atoms with Crippen LogP contribution in [-0.2, 0) is 11.3 Å². The number of hydrogen-bond donors (Lipinski definition) is 1. The van der Waals surface area contributed by atoms with Crippen LogP contribution in [0.2, 0.25) is 0 Å². The second-order valence-electron chi connectivity index (χ2n) is 6.49. The van der Waals surface area contributed by atoms with Crippen molar-refractivity contribution in [1.29, 1.82) is 0 Å². The number of imidazole rings is 2. The van der Waals surface area contributed by atoms with Crippen LogP contribution in [0.25, 0.3) is 11.0 Å². The highest BCUT2D eigenvalue weighted by Gasteiger charge is 2.26. The first-order valence-corrected chi connectivity index (χ1v) is 8.40. The number of para-hydroxylation sites is 2. The van der Waals surface area contributed by atoms with E-state index in [1.54, 1.807) is 6.33 Å². The van der Waals surface area contributed by atoms with Crippen molar-refractivity contribution >= 4 is 16.9 Å². The van der Waals surface area contributed by atoms with Crippen LogP contribution in [0.3, 0.4) is 0 Å². The van der Waals surface area contributed by atoms with Crippen molar-refractivity contribution in [2.45, 2.75) is 32.2 Å². The van der Waals surface area contributed by atoms with Crippen LogP contribution < -0.4 is 0 Å². The number of aromatic nitrogens is 4. The van der Waals surface area contributed by atoms with E-state index in [1.165, 1.54) is 0 Å². The maximum Gasteiger partial charge on any atom is 0.242 e. The second kappa shape index (κ2) is 6.11. The average molecular weight is 323 g/mol. The number of aromatic amines is 1.